The highest BCUT2D eigenvalue weighted by atomic mass is 35.5. The van der Waals surface area contributed by atoms with Gasteiger partial charge in [0.25, 0.3) is 0 Å². The molecule has 1 rings (SSSR count). The molecule has 3 N–H and O–H groups in total. The van der Waals surface area contributed by atoms with Crippen LogP contribution in [0.25, 0.3) is 0 Å². The van der Waals surface area contributed by atoms with Gasteiger partial charge in [0.15, 0.2) is 6.10 Å². The monoisotopic (exact) mass is 343 g/mol. The minimum absolute atomic E-state index is 0. The SMILES string of the molecule is Cl.N[C@H](c1ccc(C(F)(F)F)c(Cl)c1)[C@@H](O)C(F)(F)F. The lowest BCUT2D eigenvalue weighted by molar-refractivity contribution is -0.210. The summed E-state index contributed by atoms with van der Waals surface area (Å²) in [4.78, 5) is 0. The van der Waals surface area contributed by atoms with E-state index in [1.807, 2.05) is 0 Å². The van der Waals surface area contributed by atoms with Gasteiger partial charge in [0, 0.05) is 0 Å². The van der Waals surface area contributed by atoms with Crippen molar-refractivity contribution < 1.29 is 31.4 Å². The van der Waals surface area contributed by atoms with Gasteiger partial charge in [-0.1, -0.05) is 17.7 Å². The van der Waals surface area contributed by atoms with Crippen molar-refractivity contribution in [1.29, 1.82) is 0 Å². The number of hydrogen-bond donors (Lipinski definition) is 2. The van der Waals surface area contributed by atoms with Gasteiger partial charge < -0.3 is 10.8 Å². The number of rotatable bonds is 2. The average Bonchev–Trinajstić information content (AvgIpc) is 2.23. The van der Waals surface area contributed by atoms with E-state index in [0.29, 0.717) is 12.1 Å². The zero-order valence-corrected chi connectivity index (χ0v) is 11.0. The van der Waals surface area contributed by atoms with Crippen molar-refractivity contribution in [3.63, 3.8) is 0 Å². The number of benzene rings is 1. The maximum Gasteiger partial charge on any atom is 0.417 e. The number of alkyl halides is 6. The minimum atomic E-state index is -4.98. The summed E-state index contributed by atoms with van der Waals surface area (Å²) in [5.74, 6) is 0. The third-order valence-electron chi connectivity index (χ3n) is 2.36. The van der Waals surface area contributed by atoms with Gasteiger partial charge in [0.1, 0.15) is 0 Å². The van der Waals surface area contributed by atoms with E-state index in [2.05, 4.69) is 0 Å². The van der Waals surface area contributed by atoms with E-state index < -0.39 is 35.1 Å². The molecule has 2 atom stereocenters. The van der Waals surface area contributed by atoms with Crippen molar-refractivity contribution in [2.24, 2.45) is 5.73 Å². The van der Waals surface area contributed by atoms with Crippen molar-refractivity contribution >= 4 is 24.0 Å². The molecule has 0 aliphatic heterocycles. The van der Waals surface area contributed by atoms with E-state index in [0.717, 1.165) is 6.07 Å². The molecule has 0 saturated heterocycles. The van der Waals surface area contributed by atoms with Crippen LogP contribution in [0.2, 0.25) is 5.02 Å². The van der Waals surface area contributed by atoms with Crippen LogP contribution in [0.1, 0.15) is 17.2 Å². The Balaban J connectivity index is 0.00000361. The third-order valence-corrected chi connectivity index (χ3v) is 2.67. The van der Waals surface area contributed by atoms with Gasteiger partial charge in [0.05, 0.1) is 16.6 Å². The molecule has 0 fully saturated rings. The highest BCUT2D eigenvalue weighted by molar-refractivity contribution is 6.31. The summed E-state index contributed by atoms with van der Waals surface area (Å²) in [5, 5.41) is 8.13. The van der Waals surface area contributed by atoms with Gasteiger partial charge in [-0.25, -0.2) is 0 Å². The zero-order chi connectivity index (χ0) is 15.0. The van der Waals surface area contributed by atoms with Crippen molar-refractivity contribution in [2.45, 2.75) is 24.5 Å². The second kappa shape index (κ2) is 6.38. The van der Waals surface area contributed by atoms with Gasteiger partial charge in [-0.2, -0.15) is 26.3 Å². The van der Waals surface area contributed by atoms with Gasteiger partial charge in [-0.3, -0.25) is 0 Å². The molecule has 0 heterocycles. The molecule has 0 aliphatic rings. The summed E-state index contributed by atoms with van der Waals surface area (Å²) in [7, 11) is 0. The van der Waals surface area contributed by atoms with E-state index in [9.17, 15) is 26.3 Å². The molecule has 0 amide bonds. The molecular weight excluding hydrogens is 335 g/mol. The first-order valence-electron chi connectivity index (χ1n) is 4.81. The third kappa shape index (κ3) is 4.41. The van der Waals surface area contributed by atoms with Crippen molar-refractivity contribution in [3.8, 4) is 0 Å². The molecule has 0 aromatic heterocycles. The van der Waals surface area contributed by atoms with Crippen LogP contribution in [0.4, 0.5) is 26.3 Å². The molecule has 2 nitrogen and oxygen atoms in total. The molecule has 0 saturated carbocycles. The summed E-state index contributed by atoms with van der Waals surface area (Å²) >= 11 is 5.34. The molecule has 10 heteroatoms. The van der Waals surface area contributed by atoms with Gasteiger partial charge in [-0.05, 0) is 17.7 Å². The Morgan fingerprint density at radius 3 is 1.95 bits per heavy atom. The number of aliphatic hydroxyl groups excluding tert-OH is 1. The first kappa shape index (κ1) is 19.3. The Kier molecular flexibility index (Phi) is 6.16. The van der Waals surface area contributed by atoms with Crippen LogP contribution in [-0.2, 0) is 6.18 Å². The smallest absolute Gasteiger partial charge is 0.382 e. The van der Waals surface area contributed by atoms with Crippen molar-refractivity contribution in [2.75, 3.05) is 0 Å². The van der Waals surface area contributed by atoms with E-state index in [1.54, 1.807) is 0 Å². The molecule has 0 bridgehead atoms. The zero-order valence-electron chi connectivity index (χ0n) is 9.47. The fourth-order valence-corrected chi connectivity index (χ4v) is 1.65. The fraction of sp³-hybridized carbons (Fsp3) is 0.400. The van der Waals surface area contributed by atoms with Crippen LogP contribution in [0.5, 0.6) is 0 Å². The predicted molar refractivity (Wildman–Crippen MR) is 62.7 cm³/mol. The quantitative estimate of drug-likeness (QED) is 0.804. The van der Waals surface area contributed by atoms with Gasteiger partial charge >= 0.3 is 12.4 Å². The van der Waals surface area contributed by atoms with Crippen LogP contribution in [0.15, 0.2) is 18.2 Å². The molecule has 0 radical (unpaired) electrons. The highest BCUT2D eigenvalue weighted by Crippen LogP contribution is 2.37. The Morgan fingerprint density at radius 2 is 1.60 bits per heavy atom. The van der Waals surface area contributed by atoms with E-state index in [-0.39, 0.29) is 18.0 Å². The highest BCUT2D eigenvalue weighted by Gasteiger charge is 2.43. The predicted octanol–water partition coefficient (Wildman–Crippen LogP) is 3.70. The Hall–Kier alpha value is -0.700. The maximum absolute atomic E-state index is 12.4. The second-order valence-corrected chi connectivity index (χ2v) is 4.16. The van der Waals surface area contributed by atoms with Crippen LogP contribution in [-0.4, -0.2) is 17.4 Å². The molecule has 0 aliphatic carbocycles. The molecule has 20 heavy (non-hydrogen) atoms. The number of halogens is 8. The van der Waals surface area contributed by atoms with Crippen LogP contribution >= 0.6 is 24.0 Å². The second-order valence-electron chi connectivity index (χ2n) is 3.75. The summed E-state index contributed by atoms with van der Waals surface area (Å²) in [6.45, 7) is 0. The topological polar surface area (TPSA) is 46.2 Å². The molecule has 116 valence electrons. The Labute approximate surface area is 120 Å². The standard InChI is InChI=1S/C10H8ClF6NO.ClH/c11-6-3-4(1-2-5(6)9(12,13)14)7(18)8(19)10(15,16)17;/h1-3,7-8,19H,18H2;1H/t7-,8-;/m1./s1. The molecule has 0 spiro atoms. The van der Waals surface area contributed by atoms with Crippen molar-refractivity contribution in [1.82, 2.24) is 0 Å². The van der Waals surface area contributed by atoms with Crippen LogP contribution in [0, 0.1) is 0 Å². The Morgan fingerprint density at radius 1 is 1.10 bits per heavy atom. The Bertz CT molecular complexity index is 462. The van der Waals surface area contributed by atoms with E-state index in [4.69, 9.17) is 22.4 Å². The normalized spacial score (nSPS) is 15.4. The average molecular weight is 344 g/mol. The summed E-state index contributed by atoms with van der Waals surface area (Å²) in [6, 6.07) is -0.00124. The molecular formula is C10H9Cl2F6NO. The van der Waals surface area contributed by atoms with Crippen molar-refractivity contribution in [3.05, 3.63) is 34.3 Å². The van der Waals surface area contributed by atoms with Gasteiger partial charge in [0.2, 0.25) is 0 Å². The first-order valence-corrected chi connectivity index (χ1v) is 5.19. The lowest BCUT2D eigenvalue weighted by atomic mass is 10.0. The maximum atomic E-state index is 12.4. The van der Waals surface area contributed by atoms with Crippen LogP contribution < -0.4 is 5.73 Å². The fourth-order valence-electron chi connectivity index (χ4n) is 1.35. The summed E-state index contributed by atoms with van der Waals surface area (Å²) in [5.41, 5.74) is 3.61. The first-order chi connectivity index (χ1) is 8.44. The lowest BCUT2D eigenvalue weighted by Crippen LogP contribution is -2.38. The van der Waals surface area contributed by atoms with Crippen LogP contribution in [0.3, 0.4) is 0 Å². The number of nitrogens with two attached hydrogens (primary N) is 1. The number of aliphatic hydroxyl groups is 1. The summed E-state index contributed by atoms with van der Waals surface area (Å²) < 4.78 is 73.8. The lowest BCUT2D eigenvalue weighted by Gasteiger charge is -2.22. The number of hydrogen-bond acceptors (Lipinski definition) is 2. The molecule has 1 aromatic carbocycles. The molecule has 0 unspecified atom stereocenters. The molecule has 1 aromatic rings. The summed E-state index contributed by atoms with van der Waals surface area (Å²) in [6.07, 6.45) is -12.6. The largest absolute Gasteiger partial charge is 0.417 e. The van der Waals surface area contributed by atoms with Gasteiger partial charge in [-0.15, -0.1) is 12.4 Å². The van der Waals surface area contributed by atoms with E-state index >= 15 is 0 Å². The van der Waals surface area contributed by atoms with E-state index in [1.165, 1.54) is 0 Å². The minimum Gasteiger partial charge on any atom is -0.382 e.